The van der Waals surface area contributed by atoms with Gasteiger partial charge in [0.2, 0.25) is 0 Å². The topological polar surface area (TPSA) is 12.0 Å². The molecule has 1 aliphatic rings. The third-order valence-electron chi connectivity index (χ3n) is 0.957. The minimum atomic E-state index is 0. The monoisotopic (exact) mass is 520 g/mol. The Morgan fingerprint density at radius 3 is 1.38 bits per heavy atom. The van der Waals surface area contributed by atoms with Gasteiger partial charge in [-0.05, 0) is 25.9 Å². The molecule has 0 aromatic heterocycles. The summed E-state index contributed by atoms with van der Waals surface area (Å²) in [4.78, 5) is 0. The van der Waals surface area contributed by atoms with Crippen LogP contribution in [0.5, 0.6) is 0 Å². The van der Waals surface area contributed by atoms with Gasteiger partial charge in [-0.1, -0.05) is 0 Å². The molecule has 0 amide bonds. The van der Waals surface area contributed by atoms with Crippen molar-refractivity contribution >= 4 is 0 Å². The van der Waals surface area contributed by atoms with Crippen LogP contribution < -0.4 is 53.3 Å². The molecule has 8 heavy (non-hydrogen) atoms. The van der Waals surface area contributed by atoms with Gasteiger partial charge in [-0.2, -0.15) is 0 Å². The summed E-state index contributed by atoms with van der Waals surface area (Å²) in [6.07, 6.45) is 2.78. The molecule has 1 nitrogen and oxygen atoms in total. The van der Waals surface area contributed by atoms with E-state index in [-0.39, 0.29) is 69.0 Å². The van der Waals surface area contributed by atoms with E-state index in [2.05, 4.69) is 5.32 Å². The average Bonchev–Trinajstić information content (AvgIpc) is 1.76. The second-order valence-corrected chi connectivity index (χ2v) is 1.46. The second-order valence-electron chi connectivity index (χ2n) is 1.46. The number of hydrogen-bond donors (Lipinski definition) is 1. The molecule has 0 saturated carbocycles. The molecule has 1 rings (SSSR count). The molecule has 0 aromatic rings. The van der Waals surface area contributed by atoms with Gasteiger partial charge in [0, 0.05) is 0 Å². The van der Waals surface area contributed by atoms with Gasteiger partial charge in [0.1, 0.15) is 0 Å². The van der Waals surface area contributed by atoms with Crippen molar-refractivity contribution in [2.75, 3.05) is 13.1 Å². The van der Waals surface area contributed by atoms with Crippen molar-refractivity contribution in [3.8, 4) is 0 Å². The van der Waals surface area contributed by atoms with Crippen molar-refractivity contribution in [2.45, 2.75) is 12.8 Å². The summed E-state index contributed by atoms with van der Waals surface area (Å²) in [6.45, 7) is 2.50. The molecule has 0 spiro atoms. The third kappa shape index (κ3) is 8.11. The van der Waals surface area contributed by atoms with Gasteiger partial charge in [-0.15, -0.1) is 0 Å². The normalized spacial score (nSPS) is 15.0. The van der Waals surface area contributed by atoms with Crippen LogP contribution in [0.1, 0.15) is 12.8 Å². The predicted octanol–water partition coefficient (Wildman–Crippen LogP) is -5.62. The van der Waals surface area contributed by atoms with E-state index in [1.54, 1.807) is 0 Å². The summed E-state index contributed by atoms with van der Waals surface area (Å²) >= 11 is 0. The molecule has 0 unspecified atom stereocenters. The Morgan fingerprint density at radius 2 is 1.25 bits per heavy atom. The summed E-state index contributed by atoms with van der Waals surface area (Å²) in [6, 6.07) is 0. The number of hydrogen-bond acceptors (Lipinski definition) is 1. The van der Waals surface area contributed by atoms with Crippen LogP contribution >= 0.6 is 0 Å². The molecule has 0 bridgehead atoms. The van der Waals surface area contributed by atoms with Gasteiger partial charge in [0.05, 0.1) is 0 Å². The molecule has 1 heterocycles. The second kappa shape index (κ2) is 11.9. The molecule has 0 radical (unpaired) electrons. The van der Waals surface area contributed by atoms with E-state index in [9.17, 15) is 0 Å². The first-order valence-corrected chi connectivity index (χ1v) is 2.21. The Kier molecular flexibility index (Phi) is 24.6. The summed E-state index contributed by atoms with van der Waals surface area (Å²) < 4.78 is 0. The fraction of sp³-hybridized carbons (Fsp3) is 1.00. The van der Waals surface area contributed by atoms with Gasteiger partial charge in [-0.25, -0.2) is 0 Å². The summed E-state index contributed by atoms with van der Waals surface area (Å²) in [5, 5.41) is 3.22. The van der Waals surface area contributed by atoms with Gasteiger partial charge >= 0.3 is 21.1 Å². The van der Waals surface area contributed by atoms with Crippen LogP contribution in [0.4, 0.5) is 0 Å². The molecule has 0 atom stereocenters. The Bertz CT molecular complexity index is 25.6. The fourth-order valence-electron chi connectivity index (χ4n) is 0.625. The van der Waals surface area contributed by atoms with E-state index < -0.39 is 0 Å². The average molecular weight is 520 g/mol. The molecule has 1 saturated heterocycles. The van der Waals surface area contributed by atoms with Gasteiger partial charge in [-0.3, -0.25) is 0 Å². The molecule has 1 fully saturated rings. The Morgan fingerprint density at radius 1 is 0.875 bits per heavy atom. The zero-order chi connectivity index (χ0) is 3.54. The van der Waals surface area contributed by atoms with Crippen LogP contribution in [0.2, 0.25) is 0 Å². The SMILES string of the molecule is C1CCNC1.[I-].[I-].[Pt+2]. The van der Waals surface area contributed by atoms with Crippen molar-refractivity contribution in [3.63, 3.8) is 0 Å². The Hall–Kier alpha value is 2.11. The predicted molar refractivity (Wildman–Crippen MR) is 22.1 cm³/mol. The van der Waals surface area contributed by atoms with E-state index in [0.29, 0.717) is 0 Å². The first kappa shape index (κ1) is 16.6. The summed E-state index contributed by atoms with van der Waals surface area (Å²) in [7, 11) is 0. The number of rotatable bonds is 0. The van der Waals surface area contributed by atoms with Crippen LogP contribution in [0, 0.1) is 0 Å². The third-order valence-corrected chi connectivity index (χ3v) is 0.957. The van der Waals surface area contributed by atoms with Crippen molar-refractivity contribution in [3.05, 3.63) is 0 Å². The minimum Gasteiger partial charge on any atom is -1.00 e. The summed E-state index contributed by atoms with van der Waals surface area (Å²) in [5.74, 6) is 0. The van der Waals surface area contributed by atoms with Crippen LogP contribution in [0.25, 0.3) is 0 Å². The van der Waals surface area contributed by atoms with E-state index in [4.69, 9.17) is 0 Å². The van der Waals surface area contributed by atoms with E-state index in [1.807, 2.05) is 0 Å². The van der Waals surface area contributed by atoms with Gasteiger partial charge < -0.3 is 53.3 Å². The molecule has 4 heteroatoms. The molecule has 1 aliphatic heterocycles. The molecule has 0 aliphatic carbocycles. The summed E-state index contributed by atoms with van der Waals surface area (Å²) in [5.41, 5.74) is 0. The van der Waals surface area contributed by atoms with Crippen LogP contribution in [0.15, 0.2) is 0 Å². The molecule has 0 aromatic carbocycles. The largest absolute Gasteiger partial charge is 2.00 e. The molecular formula is C4H9I2NPt. The van der Waals surface area contributed by atoms with Crippen molar-refractivity contribution in [1.29, 1.82) is 0 Å². The van der Waals surface area contributed by atoms with E-state index in [0.717, 1.165) is 0 Å². The molecular weight excluding hydrogens is 511 g/mol. The molecule has 1 N–H and O–H groups in total. The standard InChI is InChI=1S/C4H9N.2HI.Pt/c1-2-4-5-3-1;;;/h5H,1-4H2;2*1H;/q;;;+2/p-2. The number of halogens is 2. The first-order valence-electron chi connectivity index (χ1n) is 2.21. The maximum absolute atomic E-state index is 3.22. The zero-order valence-electron chi connectivity index (χ0n) is 4.40. The van der Waals surface area contributed by atoms with Gasteiger partial charge in [0.25, 0.3) is 0 Å². The van der Waals surface area contributed by atoms with Crippen LogP contribution in [-0.4, -0.2) is 13.1 Å². The van der Waals surface area contributed by atoms with Gasteiger partial charge in [0.15, 0.2) is 0 Å². The zero-order valence-corrected chi connectivity index (χ0v) is 11.0. The van der Waals surface area contributed by atoms with E-state index in [1.165, 1.54) is 25.9 Å². The Balaban J connectivity index is -0.0000000833. The quantitative estimate of drug-likeness (QED) is 0.315. The fourth-order valence-corrected chi connectivity index (χ4v) is 0.625. The van der Waals surface area contributed by atoms with Crippen molar-refractivity contribution < 1.29 is 69.0 Å². The van der Waals surface area contributed by atoms with Crippen LogP contribution in [0.3, 0.4) is 0 Å². The smallest absolute Gasteiger partial charge is 1.00 e. The van der Waals surface area contributed by atoms with Crippen LogP contribution in [-0.2, 0) is 21.1 Å². The maximum Gasteiger partial charge on any atom is 2.00 e. The number of nitrogens with one attached hydrogen (secondary N) is 1. The van der Waals surface area contributed by atoms with Crippen molar-refractivity contribution in [2.24, 2.45) is 0 Å². The minimum absolute atomic E-state index is 0. The van der Waals surface area contributed by atoms with E-state index >= 15 is 0 Å². The molecule has 54 valence electrons. The van der Waals surface area contributed by atoms with Crippen molar-refractivity contribution in [1.82, 2.24) is 5.32 Å². The Labute approximate surface area is 99.1 Å². The first-order chi connectivity index (χ1) is 2.50. The maximum atomic E-state index is 3.22.